The average molecular weight is 662 g/mol. The van der Waals surface area contributed by atoms with E-state index >= 15 is 0 Å². The van der Waals surface area contributed by atoms with Crippen LogP contribution in [0.2, 0.25) is 0 Å². The molecular formula is C48H43N3. The lowest BCUT2D eigenvalue weighted by atomic mass is 9.64. The highest BCUT2D eigenvalue weighted by molar-refractivity contribution is 5.93. The van der Waals surface area contributed by atoms with Gasteiger partial charge in [0.25, 0.3) is 0 Å². The van der Waals surface area contributed by atoms with Crippen molar-refractivity contribution >= 4 is 11.1 Å². The first kappa shape index (κ1) is 30.7. The van der Waals surface area contributed by atoms with Crippen molar-refractivity contribution in [3.63, 3.8) is 0 Å². The fraction of sp³-hybridized carbons (Fsp3) is 0.271. The zero-order valence-corrected chi connectivity index (χ0v) is 29.6. The Morgan fingerprint density at radius 1 is 0.627 bits per heavy atom. The Hall–Kier alpha value is -5.15. The van der Waals surface area contributed by atoms with E-state index in [1.54, 1.807) is 5.57 Å². The van der Waals surface area contributed by atoms with E-state index in [2.05, 4.69) is 135 Å². The average Bonchev–Trinajstić information content (AvgIpc) is 3.58. The lowest BCUT2D eigenvalue weighted by molar-refractivity contribution is 0.345. The number of hydrogen-bond acceptors (Lipinski definition) is 3. The van der Waals surface area contributed by atoms with Crippen LogP contribution in [-0.2, 0) is 10.8 Å². The lowest BCUT2D eigenvalue weighted by Gasteiger charge is -2.39. The van der Waals surface area contributed by atoms with Gasteiger partial charge in [-0.25, -0.2) is 15.0 Å². The van der Waals surface area contributed by atoms with Gasteiger partial charge < -0.3 is 0 Å². The zero-order valence-electron chi connectivity index (χ0n) is 29.6. The second-order valence-electron chi connectivity index (χ2n) is 15.8. The molecule has 2 atom stereocenters. The smallest absolute Gasteiger partial charge is 0.164 e. The van der Waals surface area contributed by atoms with Crippen LogP contribution in [0.4, 0.5) is 0 Å². The molecule has 5 aliphatic carbocycles. The van der Waals surface area contributed by atoms with Gasteiger partial charge in [-0.15, -0.1) is 0 Å². The van der Waals surface area contributed by atoms with E-state index in [1.807, 2.05) is 6.07 Å². The molecule has 5 aliphatic rings. The summed E-state index contributed by atoms with van der Waals surface area (Å²) in [5.41, 5.74) is 14.8. The Kier molecular flexibility index (Phi) is 7.03. The molecule has 51 heavy (non-hydrogen) atoms. The number of benzene rings is 4. The van der Waals surface area contributed by atoms with Gasteiger partial charge in [0.2, 0.25) is 0 Å². The molecule has 5 aromatic rings. The van der Waals surface area contributed by atoms with Crippen LogP contribution in [0.3, 0.4) is 0 Å². The van der Waals surface area contributed by atoms with Crippen molar-refractivity contribution in [1.82, 2.24) is 15.0 Å². The van der Waals surface area contributed by atoms with E-state index in [0.717, 1.165) is 35.4 Å². The number of hydrogen-bond donors (Lipinski definition) is 0. The Bertz CT molecular complexity index is 2310. The molecular weight excluding hydrogens is 619 g/mol. The molecule has 0 amide bonds. The van der Waals surface area contributed by atoms with E-state index in [0.29, 0.717) is 23.5 Å². The Balaban J connectivity index is 1.10. The van der Waals surface area contributed by atoms with Crippen LogP contribution in [-0.4, -0.2) is 15.0 Å². The summed E-state index contributed by atoms with van der Waals surface area (Å²) in [6.45, 7) is 4.89. The molecule has 250 valence electrons. The van der Waals surface area contributed by atoms with Crippen molar-refractivity contribution < 1.29 is 0 Å². The van der Waals surface area contributed by atoms with Crippen LogP contribution in [0.25, 0.3) is 45.3 Å². The molecule has 2 unspecified atom stereocenters. The van der Waals surface area contributed by atoms with E-state index in [9.17, 15) is 0 Å². The molecule has 1 spiro atoms. The van der Waals surface area contributed by atoms with Crippen LogP contribution >= 0.6 is 0 Å². The summed E-state index contributed by atoms with van der Waals surface area (Å²) >= 11 is 0. The van der Waals surface area contributed by atoms with E-state index in [-0.39, 0.29) is 10.8 Å². The topological polar surface area (TPSA) is 38.7 Å². The molecule has 0 radical (unpaired) electrons. The van der Waals surface area contributed by atoms with Gasteiger partial charge in [0, 0.05) is 28.0 Å². The molecule has 3 nitrogen and oxygen atoms in total. The molecule has 10 rings (SSSR count). The van der Waals surface area contributed by atoms with Crippen LogP contribution in [0, 0.1) is 5.92 Å². The summed E-state index contributed by atoms with van der Waals surface area (Å²) < 4.78 is 0. The molecule has 1 saturated carbocycles. The van der Waals surface area contributed by atoms with Gasteiger partial charge in [0.15, 0.2) is 17.5 Å². The summed E-state index contributed by atoms with van der Waals surface area (Å²) in [4.78, 5) is 15.4. The Labute approximate surface area is 301 Å². The third kappa shape index (κ3) is 4.81. The van der Waals surface area contributed by atoms with E-state index in [1.165, 1.54) is 71.1 Å². The standard InChI is InChI=1S/C48H43N3/c1-47(2)40-19-11-10-18-36(40)38-30-43-39(29-41(38)47)37-25-24-35(28-42(37)48(43)26-12-5-13-27-48)46-50-44(33-16-8-4-9-17-33)49-45(51-46)34-22-20-32(21-23-34)31-14-6-3-7-15-31/h3-4,6,8-11,14,16-25,28-30,38,41H,5,7,12-13,15,26-27H2,1-2H3. The number of rotatable bonds is 4. The maximum absolute atomic E-state index is 5.20. The first-order valence-corrected chi connectivity index (χ1v) is 19.0. The minimum atomic E-state index is 0.0407. The fourth-order valence-corrected chi connectivity index (χ4v) is 10.1. The van der Waals surface area contributed by atoms with E-state index < -0.39 is 0 Å². The van der Waals surface area contributed by atoms with Crippen molar-refractivity contribution in [2.45, 2.75) is 75.5 Å². The second-order valence-corrected chi connectivity index (χ2v) is 15.8. The number of nitrogens with zero attached hydrogens (tertiary/aromatic N) is 3. The summed E-state index contributed by atoms with van der Waals surface area (Å²) in [5.74, 6) is 3.04. The highest BCUT2D eigenvalue weighted by Gasteiger charge is 2.52. The van der Waals surface area contributed by atoms with Gasteiger partial charge >= 0.3 is 0 Å². The van der Waals surface area contributed by atoms with Crippen LogP contribution in [0.1, 0.15) is 92.5 Å². The van der Waals surface area contributed by atoms with Crippen molar-refractivity contribution in [2.24, 2.45) is 5.92 Å². The minimum Gasteiger partial charge on any atom is -0.208 e. The number of aromatic nitrogens is 3. The molecule has 0 saturated heterocycles. The van der Waals surface area contributed by atoms with Crippen molar-refractivity contribution in [3.05, 3.63) is 161 Å². The second kappa shape index (κ2) is 11.7. The molecule has 0 N–H and O–H groups in total. The van der Waals surface area contributed by atoms with Crippen LogP contribution in [0.5, 0.6) is 0 Å². The van der Waals surface area contributed by atoms with Crippen molar-refractivity contribution in [1.29, 1.82) is 0 Å². The largest absolute Gasteiger partial charge is 0.208 e. The molecule has 1 heterocycles. The minimum absolute atomic E-state index is 0.0407. The quantitative estimate of drug-likeness (QED) is 0.192. The maximum Gasteiger partial charge on any atom is 0.164 e. The van der Waals surface area contributed by atoms with Crippen molar-refractivity contribution in [3.8, 4) is 34.2 Å². The number of fused-ring (bicyclic) bond motifs is 8. The summed E-state index contributed by atoms with van der Waals surface area (Å²) in [6.07, 6.45) is 20.4. The highest BCUT2D eigenvalue weighted by atomic mass is 15.0. The van der Waals surface area contributed by atoms with Gasteiger partial charge in [-0.3, -0.25) is 0 Å². The lowest BCUT2D eigenvalue weighted by Crippen LogP contribution is -2.31. The maximum atomic E-state index is 5.20. The van der Waals surface area contributed by atoms with Gasteiger partial charge in [-0.2, -0.15) is 0 Å². The van der Waals surface area contributed by atoms with Crippen LogP contribution in [0.15, 0.2) is 133 Å². The summed E-state index contributed by atoms with van der Waals surface area (Å²) in [5, 5.41) is 0. The first-order valence-electron chi connectivity index (χ1n) is 19.0. The molecule has 4 aromatic carbocycles. The van der Waals surface area contributed by atoms with Gasteiger partial charge in [-0.05, 0) is 87.6 Å². The first-order chi connectivity index (χ1) is 25.0. The third-order valence-corrected chi connectivity index (χ3v) is 12.7. The normalized spacial score (nSPS) is 22.0. The summed E-state index contributed by atoms with van der Waals surface area (Å²) in [7, 11) is 0. The van der Waals surface area contributed by atoms with E-state index in [4.69, 9.17) is 15.0 Å². The van der Waals surface area contributed by atoms with Gasteiger partial charge in [-0.1, -0.05) is 154 Å². The predicted octanol–water partition coefficient (Wildman–Crippen LogP) is 11.8. The summed E-state index contributed by atoms with van der Waals surface area (Å²) in [6, 6.07) is 35.4. The van der Waals surface area contributed by atoms with Gasteiger partial charge in [0.1, 0.15) is 0 Å². The number of allylic oxidation sites excluding steroid dienone is 8. The molecule has 1 aromatic heterocycles. The zero-order chi connectivity index (χ0) is 34.2. The highest BCUT2D eigenvalue weighted by Crippen LogP contribution is 2.63. The monoisotopic (exact) mass is 661 g/mol. The molecule has 0 aliphatic heterocycles. The molecule has 1 fully saturated rings. The fourth-order valence-electron chi connectivity index (χ4n) is 10.1. The van der Waals surface area contributed by atoms with Gasteiger partial charge in [0.05, 0.1) is 0 Å². The third-order valence-electron chi connectivity index (χ3n) is 12.7. The Morgan fingerprint density at radius 3 is 2.04 bits per heavy atom. The SMILES string of the molecule is CC1(C)c2ccccc2C2C=C3C(=CC21)c1ccc(-c2nc(-c4ccccc4)nc(-c4ccc(C5=CC=CCC5)cc4)n2)cc1C31CCCCC1. The predicted molar refractivity (Wildman–Crippen MR) is 209 cm³/mol. The van der Waals surface area contributed by atoms with Crippen molar-refractivity contribution in [2.75, 3.05) is 0 Å². The molecule has 3 heteroatoms. The van der Waals surface area contributed by atoms with Crippen LogP contribution < -0.4 is 0 Å². The molecule has 0 bridgehead atoms. The Morgan fingerprint density at radius 2 is 1.29 bits per heavy atom.